The molecule has 2 aromatic heterocycles. The van der Waals surface area contributed by atoms with Crippen molar-refractivity contribution < 1.29 is 22.8 Å². The van der Waals surface area contributed by atoms with Crippen molar-refractivity contribution in [2.45, 2.75) is 32.5 Å². The summed E-state index contributed by atoms with van der Waals surface area (Å²) in [5, 5.41) is 4.35. The number of carbonyl (C=O) groups excluding carboxylic acids is 2. The van der Waals surface area contributed by atoms with Crippen LogP contribution in [0.25, 0.3) is 16.8 Å². The lowest BCUT2D eigenvalue weighted by atomic mass is 9.95. The van der Waals surface area contributed by atoms with E-state index < -0.39 is 23.2 Å². The topological polar surface area (TPSA) is 96.8 Å². The fourth-order valence-electron chi connectivity index (χ4n) is 4.19. The zero-order valence-corrected chi connectivity index (χ0v) is 18.7. The summed E-state index contributed by atoms with van der Waals surface area (Å²) < 4.78 is 43.1. The Morgan fingerprint density at radius 3 is 2.55 bits per heavy atom. The predicted molar refractivity (Wildman–Crippen MR) is 117 cm³/mol. The maximum Gasteiger partial charge on any atom is 0.418 e. The molecule has 2 amide bonds. The number of aromatic nitrogens is 3. The summed E-state index contributed by atoms with van der Waals surface area (Å²) in [4.78, 5) is 31.5. The van der Waals surface area contributed by atoms with E-state index in [4.69, 9.17) is 17.3 Å². The van der Waals surface area contributed by atoms with Gasteiger partial charge in [0.1, 0.15) is 17.4 Å². The van der Waals surface area contributed by atoms with Crippen molar-refractivity contribution in [3.8, 4) is 11.3 Å². The fraction of sp³-hybridized carbons (Fsp3) is 0.333. The molecule has 0 bridgehead atoms. The second-order valence-corrected chi connectivity index (χ2v) is 8.61. The lowest BCUT2D eigenvalue weighted by Gasteiger charge is -2.46. The minimum atomic E-state index is -4.71. The van der Waals surface area contributed by atoms with Gasteiger partial charge in [-0.25, -0.2) is 9.50 Å². The van der Waals surface area contributed by atoms with E-state index in [1.54, 1.807) is 0 Å². The van der Waals surface area contributed by atoms with E-state index in [9.17, 15) is 22.8 Å². The number of halogens is 4. The Bertz CT molecular complexity index is 1290. The van der Waals surface area contributed by atoms with Crippen molar-refractivity contribution in [2.75, 3.05) is 23.7 Å². The van der Waals surface area contributed by atoms with Gasteiger partial charge in [-0.05, 0) is 32.0 Å². The zero-order valence-electron chi connectivity index (χ0n) is 17.9. The van der Waals surface area contributed by atoms with Gasteiger partial charge in [0.2, 0.25) is 5.91 Å². The van der Waals surface area contributed by atoms with E-state index in [0.717, 1.165) is 11.0 Å². The van der Waals surface area contributed by atoms with Crippen LogP contribution < -0.4 is 10.6 Å². The Morgan fingerprint density at radius 1 is 1.21 bits per heavy atom. The van der Waals surface area contributed by atoms with E-state index in [1.807, 2.05) is 0 Å². The van der Waals surface area contributed by atoms with E-state index in [1.165, 1.54) is 54.7 Å². The SMILES string of the molecule is CC(=O)N1CCN(c2cc(-c3cc(Cl)c4c(N)ncnn34)ccc2C(F)(F)F)C(=O)C1(C)C. The van der Waals surface area contributed by atoms with Gasteiger partial charge in [0.25, 0.3) is 5.91 Å². The number of anilines is 2. The van der Waals surface area contributed by atoms with Gasteiger partial charge in [0, 0.05) is 25.6 Å². The van der Waals surface area contributed by atoms with Gasteiger partial charge in [0.05, 0.1) is 22.0 Å². The average Bonchev–Trinajstić information content (AvgIpc) is 3.06. The smallest absolute Gasteiger partial charge is 0.382 e. The van der Waals surface area contributed by atoms with Gasteiger partial charge in [-0.1, -0.05) is 17.7 Å². The maximum atomic E-state index is 13.9. The molecule has 0 atom stereocenters. The second-order valence-electron chi connectivity index (χ2n) is 8.20. The monoisotopic (exact) mass is 480 g/mol. The Labute approximate surface area is 191 Å². The number of alkyl halides is 3. The molecule has 1 saturated heterocycles. The number of nitrogen functional groups attached to an aromatic ring is 1. The largest absolute Gasteiger partial charge is 0.418 e. The number of carbonyl (C=O) groups is 2. The predicted octanol–water partition coefficient (Wildman–Crippen LogP) is 3.62. The van der Waals surface area contributed by atoms with E-state index in [0.29, 0.717) is 16.8 Å². The van der Waals surface area contributed by atoms with Crippen molar-refractivity contribution >= 4 is 40.4 Å². The summed E-state index contributed by atoms with van der Waals surface area (Å²) in [6.07, 6.45) is -3.50. The normalized spacial score (nSPS) is 16.5. The molecule has 1 fully saturated rings. The van der Waals surface area contributed by atoms with Crippen LogP contribution in [-0.4, -0.2) is 49.9 Å². The van der Waals surface area contributed by atoms with Gasteiger partial charge >= 0.3 is 6.18 Å². The molecule has 0 spiro atoms. The highest BCUT2D eigenvalue weighted by Gasteiger charge is 2.46. The Balaban J connectivity index is 1.89. The van der Waals surface area contributed by atoms with Crippen molar-refractivity contribution in [1.82, 2.24) is 19.5 Å². The lowest BCUT2D eigenvalue weighted by molar-refractivity contribution is -0.146. The highest BCUT2D eigenvalue weighted by atomic mass is 35.5. The summed E-state index contributed by atoms with van der Waals surface area (Å²) in [6, 6.07) is 4.99. The first kappa shape index (κ1) is 22.8. The molecule has 0 radical (unpaired) electrons. The molecule has 0 unspecified atom stereocenters. The summed E-state index contributed by atoms with van der Waals surface area (Å²) in [6.45, 7) is 4.36. The second kappa shape index (κ2) is 7.62. The maximum absolute atomic E-state index is 13.9. The van der Waals surface area contributed by atoms with E-state index >= 15 is 0 Å². The molecule has 2 N–H and O–H groups in total. The molecule has 4 rings (SSSR count). The summed E-state index contributed by atoms with van der Waals surface area (Å²) in [7, 11) is 0. The standard InChI is InChI=1S/C21H20ClF3N6O2/c1-11(32)30-7-6-29(19(33)20(30,2)3)16-8-12(4-5-13(16)21(23,24)25)15-9-14(22)17-18(26)27-10-28-31(15)17/h4-5,8-10H,6-7H2,1-3H3,(H2,26,27,28). The number of fused-ring (bicyclic) bond motifs is 1. The Morgan fingerprint density at radius 2 is 1.91 bits per heavy atom. The van der Waals surface area contributed by atoms with E-state index in [-0.39, 0.29) is 35.5 Å². The number of piperazine rings is 1. The van der Waals surface area contributed by atoms with Crippen LogP contribution in [-0.2, 0) is 15.8 Å². The van der Waals surface area contributed by atoms with Crippen LogP contribution in [0.3, 0.4) is 0 Å². The van der Waals surface area contributed by atoms with Crippen molar-refractivity contribution in [3.05, 3.63) is 41.2 Å². The molecule has 8 nitrogen and oxygen atoms in total. The first-order valence-electron chi connectivity index (χ1n) is 9.93. The lowest BCUT2D eigenvalue weighted by Crippen LogP contribution is -2.64. The minimum absolute atomic E-state index is 0.0842. The highest BCUT2D eigenvalue weighted by molar-refractivity contribution is 6.35. The van der Waals surface area contributed by atoms with Gasteiger partial charge in [-0.3, -0.25) is 9.59 Å². The minimum Gasteiger partial charge on any atom is -0.382 e. The summed E-state index contributed by atoms with van der Waals surface area (Å²) >= 11 is 6.27. The highest BCUT2D eigenvalue weighted by Crippen LogP contribution is 2.41. The molecule has 0 saturated carbocycles. The van der Waals surface area contributed by atoms with E-state index in [2.05, 4.69) is 10.1 Å². The van der Waals surface area contributed by atoms with Crippen LogP contribution in [0.15, 0.2) is 30.6 Å². The summed E-state index contributed by atoms with van der Waals surface area (Å²) in [5.41, 5.74) is 4.34. The number of nitrogens with zero attached hydrogens (tertiary/aromatic N) is 5. The van der Waals surface area contributed by atoms with Gasteiger partial charge in [-0.15, -0.1) is 0 Å². The van der Waals surface area contributed by atoms with Gasteiger partial charge in [0.15, 0.2) is 5.82 Å². The third-order valence-corrected chi connectivity index (χ3v) is 6.08. The molecule has 1 aromatic carbocycles. The molecule has 1 aliphatic rings. The number of hydrogen-bond acceptors (Lipinski definition) is 5. The number of rotatable bonds is 2. The Hall–Kier alpha value is -3.34. The number of hydrogen-bond donors (Lipinski definition) is 1. The van der Waals surface area contributed by atoms with Crippen molar-refractivity contribution in [3.63, 3.8) is 0 Å². The summed E-state index contributed by atoms with van der Waals surface area (Å²) in [5.74, 6) is -0.828. The van der Waals surface area contributed by atoms with Crippen LogP contribution in [0, 0.1) is 0 Å². The van der Waals surface area contributed by atoms with Gasteiger partial charge in [-0.2, -0.15) is 18.3 Å². The molecule has 174 valence electrons. The third kappa shape index (κ3) is 3.65. The van der Waals surface area contributed by atoms with Crippen LogP contribution in [0.5, 0.6) is 0 Å². The molecular formula is C21H20ClF3N6O2. The third-order valence-electron chi connectivity index (χ3n) is 5.80. The number of nitrogens with two attached hydrogens (primary N) is 1. The van der Waals surface area contributed by atoms with Gasteiger partial charge < -0.3 is 15.5 Å². The van der Waals surface area contributed by atoms with Crippen LogP contribution in [0.1, 0.15) is 26.3 Å². The van der Waals surface area contributed by atoms with Crippen LogP contribution >= 0.6 is 11.6 Å². The molecule has 1 aliphatic heterocycles. The van der Waals surface area contributed by atoms with Crippen LogP contribution in [0.2, 0.25) is 5.02 Å². The van der Waals surface area contributed by atoms with Crippen molar-refractivity contribution in [1.29, 1.82) is 0 Å². The van der Waals surface area contributed by atoms with Crippen LogP contribution in [0.4, 0.5) is 24.7 Å². The number of amides is 2. The average molecular weight is 481 g/mol. The number of benzene rings is 1. The molecule has 0 aliphatic carbocycles. The quantitative estimate of drug-likeness (QED) is 0.604. The molecular weight excluding hydrogens is 461 g/mol. The Kier molecular flexibility index (Phi) is 5.27. The first-order chi connectivity index (χ1) is 15.3. The zero-order chi connectivity index (χ0) is 24.3. The van der Waals surface area contributed by atoms with Crippen molar-refractivity contribution in [2.24, 2.45) is 0 Å². The molecule has 3 heterocycles. The molecule has 33 heavy (non-hydrogen) atoms. The fourth-order valence-corrected chi connectivity index (χ4v) is 4.47. The first-order valence-corrected chi connectivity index (χ1v) is 10.3. The molecule has 12 heteroatoms. The molecule has 3 aromatic rings.